The summed E-state index contributed by atoms with van der Waals surface area (Å²) in [7, 11) is 3.03. The Morgan fingerprint density at radius 2 is 2.00 bits per heavy atom. The number of alkyl carbamates (subject to hydrolysis) is 1. The topological polar surface area (TPSA) is 107 Å². The summed E-state index contributed by atoms with van der Waals surface area (Å²) in [5.41, 5.74) is 0.939. The zero-order chi connectivity index (χ0) is 25.5. The monoisotopic (exact) mass is 505 g/mol. The number of morpholine rings is 1. The van der Waals surface area contributed by atoms with Crippen LogP contribution in [-0.4, -0.2) is 85.2 Å². The van der Waals surface area contributed by atoms with Gasteiger partial charge in [0.1, 0.15) is 11.9 Å². The van der Waals surface area contributed by atoms with Crippen LogP contribution in [0, 0.1) is 0 Å². The number of methoxy groups -OCH3 is 2. The molecule has 2 aliphatic carbocycles. The van der Waals surface area contributed by atoms with Crippen LogP contribution in [0.3, 0.4) is 0 Å². The highest BCUT2D eigenvalue weighted by molar-refractivity contribution is 5.82. The van der Waals surface area contributed by atoms with E-state index in [0.29, 0.717) is 32.2 Å². The van der Waals surface area contributed by atoms with Crippen molar-refractivity contribution >= 4 is 12.0 Å². The number of ether oxygens (including phenoxy) is 3. The summed E-state index contributed by atoms with van der Waals surface area (Å²) in [5, 5.41) is 6.09. The first-order valence-corrected chi connectivity index (χ1v) is 13.6. The molecule has 36 heavy (non-hydrogen) atoms. The molecule has 0 radical (unpaired) electrons. The fourth-order valence-electron chi connectivity index (χ4n) is 5.51. The van der Waals surface area contributed by atoms with Crippen molar-refractivity contribution < 1.29 is 23.8 Å². The number of aryl methyl sites for hydroxylation is 1. The number of nitrogens with one attached hydrogen (secondary N) is 2. The maximum absolute atomic E-state index is 13.7. The zero-order valence-electron chi connectivity index (χ0n) is 22.0. The van der Waals surface area contributed by atoms with Crippen molar-refractivity contribution in [3.8, 4) is 0 Å². The Bertz CT molecular complexity index is 865. The molecule has 1 saturated heterocycles. The van der Waals surface area contributed by atoms with Crippen molar-refractivity contribution in [1.29, 1.82) is 0 Å². The first kappa shape index (κ1) is 26.9. The zero-order valence-corrected chi connectivity index (χ0v) is 22.0. The molecule has 0 aromatic carbocycles. The smallest absolute Gasteiger partial charge is 0.406 e. The summed E-state index contributed by atoms with van der Waals surface area (Å²) < 4.78 is 18.3. The molecule has 3 fully saturated rings. The van der Waals surface area contributed by atoms with E-state index in [1.807, 2.05) is 4.90 Å². The first-order chi connectivity index (χ1) is 17.5. The second-order valence-corrected chi connectivity index (χ2v) is 10.3. The van der Waals surface area contributed by atoms with Crippen LogP contribution in [0.1, 0.15) is 81.8 Å². The van der Waals surface area contributed by atoms with Crippen LogP contribution in [0.25, 0.3) is 0 Å². The maximum atomic E-state index is 13.7. The Hall–Kier alpha value is -2.17. The van der Waals surface area contributed by atoms with Crippen LogP contribution in [0.2, 0.25) is 0 Å². The third kappa shape index (κ3) is 6.77. The van der Waals surface area contributed by atoms with Crippen molar-refractivity contribution in [1.82, 2.24) is 25.1 Å². The maximum Gasteiger partial charge on any atom is 0.406 e. The molecule has 2 heterocycles. The van der Waals surface area contributed by atoms with Gasteiger partial charge in [0.15, 0.2) is 0 Å². The molecule has 1 aliphatic heterocycles. The number of nitrogens with zero attached hydrogens (tertiary/aromatic N) is 3. The van der Waals surface area contributed by atoms with Gasteiger partial charge in [-0.15, -0.1) is 0 Å². The fraction of sp³-hybridized carbons (Fsp3) is 0.808. The van der Waals surface area contributed by atoms with E-state index in [1.165, 1.54) is 26.4 Å². The van der Waals surface area contributed by atoms with Gasteiger partial charge in [-0.25, -0.2) is 9.78 Å². The quantitative estimate of drug-likeness (QED) is 0.445. The highest BCUT2D eigenvalue weighted by Crippen LogP contribution is 2.37. The third-order valence-electron chi connectivity index (χ3n) is 7.55. The summed E-state index contributed by atoms with van der Waals surface area (Å²) in [6.45, 7) is 5.08. The molecular weight excluding hydrogens is 462 g/mol. The Balaban J connectivity index is 1.49. The Kier molecular flexibility index (Phi) is 9.61. The van der Waals surface area contributed by atoms with Gasteiger partial charge in [-0.2, -0.15) is 0 Å². The Morgan fingerprint density at radius 1 is 1.22 bits per heavy atom. The fourth-order valence-corrected chi connectivity index (χ4v) is 5.51. The highest BCUT2D eigenvalue weighted by atomic mass is 16.5. The van der Waals surface area contributed by atoms with Crippen LogP contribution in [0.4, 0.5) is 4.79 Å². The average Bonchev–Trinajstić information content (AvgIpc) is 3.64. The van der Waals surface area contributed by atoms with Gasteiger partial charge in [0.25, 0.3) is 5.91 Å². The lowest BCUT2D eigenvalue weighted by molar-refractivity contribution is -0.156. The van der Waals surface area contributed by atoms with Gasteiger partial charge in [-0.3, -0.25) is 4.79 Å². The number of hydrogen-bond donors (Lipinski definition) is 2. The molecule has 0 bridgehead atoms. The number of carbonyl (C=O) groups excluding carboxylic acids is 2. The molecule has 1 aromatic rings. The van der Waals surface area contributed by atoms with Gasteiger partial charge in [-0.05, 0) is 39.0 Å². The largest absolute Gasteiger partial charge is 0.453 e. The minimum atomic E-state index is -0.508. The lowest BCUT2D eigenvalue weighted by Gasteiger charge is -2.36. The molecule has 2 saturated carbocycles. The van der Waals surface area contributed by atoms with Crippen molar-refractivity contribution in [3.63, 3.8) is 0 Å². The van der Waals surface area contributed by atoms with Crippen molar-refractivity contribution in [2.75, 3.05) is 40.5 Å². The van der Waals surface area contributed by atoms with Crippen molar-refractivity contribution in [2.24, 2.45) is 0 Å². The minimum absolute atomic E-state index is 0.0364. The Morgan fingerprint density at radius 3 is 2.69 bits per heavy atom. The summed E-state index contributed by atoms with van der Waals surface area (Å²) in [6, 6.07) is 0.111. The molecule has 2 N–H and O–H groups in total. The lowest BCUT2D eigenvalue weighted by Crippen LogP contribution is -2.54. The van der Waals surface area contributed by atoms with Gasteiger partial charge in [-0.1, -0.05) is 19.3 Å². The number of amides is 2. The number of imidazole rings is 1. The van der Waals surface area contributed by atoms with Gasteiger partial charge in [0.2, 0.25) is 0 Å². The van der Waals surface area contributed by atoms with E-state index in [1.54, 1.807) is 7.11 Å². The van der Waals surface area contributed by atoms with Gasteiger partial charge in [0, 0.05) is 51.4 Å². The highest BCUT2D eigenvalue weighted by Gasteiger charge is 2.42. The summed E-state index contributed by atoms with van der Waals surface area (Å²) in [4.78, 5) is 32.2. The van der Waals surface area contributed by atoms with Crippen molar-refractivity contribution in [3.05, 3.63) is 17.7 Å². The molecule has 4 rings (SSSR count). The van der Waals surface area contributed by atoms with E-state index in [4.69, 9.17) is 14.5 Å². The molecule has 0 unspecified atom stereocenters. The molecular formula is C26H43N5O5. The predicted molar refractivity (Wildman–Crippen MR) is 135 cm³/mol. The minimum Gasteiger partial charge on any atom is -0.453 e. The predicted octanol–water partition coefficient (Wildman–Crippen LogP) is 2.73. The molecule has 10 heteroatoms. The van der Waals surface area contributed by atoms with Gasteiger partial charge < -0.3 is 34.3 Å². The van der Waals surface area contributed by atoms with Crippen LogP contribution in [0.5, 0.6) is 0 Å². The number of hydrogen-bond acceptors (Lipinski definition) is 7. The second-order valence-electron chi connectivity index (χ2n) is 10.3. The molecule has 10 nitrogen and oxygen atoms in total. The molecule has 0 spiro atoms. The lowest BCUT2D eigenvalue weighted by atomic mass is 9.88. The average molecular weight is 506 g/mol. The summed E-state index contributed by atoms with van der Waals surface area (Å²) in [6.07, 6.45) is 9.96. The van der Waals surface area contributed by atoms with E-state index in [2.05, 4.69) is 33.1 Å². The Labute approximate surface area is 214 Å². The van der Waals surface area contributed by atoms with Crippen LogP contribution in [-0.2, 0) is 25.5 Å². The number of rotatable bonds is 11. The van der Waals surface area contributed by atoms with E-state index < -0.39 is 12.2 Å². The van der Waals surface area contributed by atoms with E-state index in [-0.39, 0.29) is 24.1 Å². The summed E-state index contributed by atoms with van der Waals surface area (Å²) in [5.74, 6) is 1.60. The third-order valence-corrected chi connectivity index (χ3v) is 7.55. The van der Waals surface area contributed by atoms with Crippen LogP contribution in [0.15, 0.2) is 6.20 Å². The van der Waals surface area contributed by atoms with E-state index in [9.17, 15) is 9.59 Å². The molecule has 1 aromatic heterocycles. The molecule has 3 aliphatic rings. The first-order valence-electron chi connectivity index (χ1n) is 13.6. The van der Waals surface area contributed by atoms with Crippen LogP contribution >= 0.6 is 0 Å². The number of carbonyl (C=O) groups is 2. The van der Waals surface area contributed by atoms with Crippen LogP contribution < -0.4 is 10.6 Å². The van der Waals surface area contributed by atoms with Gasteiger partial charge >= 0.3 is 6.09 Å². The second kappa shape index (κ2) is 12.9. The molecule has 3 atom stereocenters. The molecule has 2 amide bonds. The SMILES string of the molecule is COC[C@@H]1CNC[C@H](C(=O)N(C2CC2)[C@H](C)c2cn(CCCNC(=O)OC)c(C3CCCCC3)n2)O1. The van der Waals surface area contributed by atoms with E-state index in [0.717, 1.165) is 50.2 Å². The molecule has 202 valence electrons. The normalized spacial score (nSPS) is 23.8. The van der Waals surface area contributed by atoms with Gasteiger partial charge in [0.05, 0.1) is 31.6 Å². The summed E-state index contributed by atoms with van der Waals surface area (Å²) >= 11 is 0. The van der Waals surface area contributed by atoms with Crippen molar-refractivity contribution in [2.45, 2.75) is 95.0 Å². The standard InChI is InChI=1S/C26H43N5O5/c1-18(31(20-10-11-20)25(32)23-15-27-14-21(36-23)17-34-2)22-16-30(13-7-12-28-26(33)35-3)24(29-22)19-8-5-4-6-9-19/h16,18-21,23,27H,4-15,17H2,1-3H3,(H,28,33)/t18-,21+,23-/m1/s1. The van der Waals surface area contributed by atoms with E-state index >= 15 is 0 Å². The number of aromatic nitrogens is 2.